The number of hydrogen-bond acceptors (Lipinski definition) is 4. The summed E-state index contributed by atoms with van der Waals surface area (Å²) in [7, 11) is 3.64. The van der Waals surface area contributed by atoms with Crippen LogP contribution in [0.15, 0.2) is 64.3 Å². The molecule has 2 N–H and O–H groups in total. The van der Waals surface area contributed by atoms with Crippen molar-refractivity contribution in [1.29, 1.82) is 0 Å². The standard InChI is InChI=1S/C22H29N5O2.HI/c1-27-19(11-16-26-27)10-14-24-22(25-15-12-21-4-3-17-29-21)23-13-9-18-5-7-20(28-2)8-6-18;/h3-8,11,16-17H,9-10,12-15H2,1-2H3,(H2,23,24,25);1H. The zero-order valence-corrected chi connectivity index (χ0v) is 19.8. The normalized spacial score (nSPS) is 11.1. The van der Waals surface area contributed by atoms with E-state index in [9.17, 15) is 0 Å². The summed E-state index contributed by atoms with van der Waals surface area (Å²) in [6.45, 7) is 2.25. The largest absolute Gasteiger partial charge is 0.497 e. The first-order valence-corrected chi connectivity index (χ1v) is 9.89. The maximum absolute atomic E-state index is 5.39. The fourth-order valence-electron chi connectivity index (χ4n) is 2.98. The minimum atomic E-state index is 0. The number of aliphatic imine (C=N–C) groups is 1. The van der Waals surface area contributed by atoms with Gasteiger partial charge in [-0.15, -0.1) is 24.0 Å². The van der Waals surface area contributed by atoms with E-state index < -0.39 is 0 Å². The number of halogens is 1. The van der Waals surface area contributed by atoms with Gasteiger partial charge < -0.3 is 19.8 Å². The van der Waals surface area contributed by atoms with E-state index in [0.29, 0.717) is 6.54 Å². The van der Waals surface area contributed by atoms with Gasteiger partial charge in [0.05, 0.1) is 13.4 Å². The van der Waals surface area contributed by atoms with Gasteiger partial charge in [-0.25, -0.2) is 0 Å². The van der Waals surface area contributed by atoms with Crippen LogP contribution < -0.4 is 15.4 Å². The topological polar surface area (TPSA) is 76.6 Å². The maximum Gasteiger partial charge on any atom is 0.191 e. The first-order chi connectivity index (χ1) is 14.2. The summed E-state index contributed by atoms with van der Waals surface area (Å²) in [5, 5.41) is 11.1. The van der Waals surface area contributed by atoms with Crippen molar-refractivity contribution < 1.29 is 9.15 Å². The molecule has 1 aromatic carbocycles. The highest BCUT2D eigenvalue weighted by atomic mass is 127. The van der Waals surface area contributed by atoms with E-state index in [2.05, 4.69) is 27.9 Å². The van der Waals surface area contributed by atoms with Gasteiger partial charge in [-0.05, 0) is 42.3 Å². The molecule has 30 heavy (non-hydrogen) atoms. The number of aryl methyl sites for hydroxylation is 1. The van der Waals surface area contributed by atoms with Crippen LogP contribution in [0.4, 0.5) is 0 Å². The molecule has 0 bridgehead atoms. The second-order valence-corrected chi connectivity index (χ2v) is 6.71. The molecule has 0 atom stereocenters. The van der Waals surface area contributed by atoms with E-state index >= 15 is 0 Å². The van der Waals surface area contributed by atoms with Crippen LogP contribution >= 0.6 is 24.0 Å². The van der Waals surface area contributed by atoms with Crippen molar-refractivity contribution in [2.24, 2.45) is 12.0 Å². The number of nitrogens with one attached hydrogen (secondary N) is 2. The second-order valence-electron chi connectivity index (χ2n) is 6.71. The number of guanidine groups is 1. The number of rotatable bonds is 10. The first-order valence-electron chi connectivity index (χ1n) is 9.89. The van der Waals surface area contributed by atoms with Gasteiger partial charge in [-0.1, -0.05) is 12.1 Å². The van der Waals surface area contributed by atoms with Gasteiger partial charge in [0.2, 0.25) is 0 Å². The third-order valence-corrected chi connectivity index (χ3v) is 4.67. The van der Waals surface area contributed by atoms with E-state index in [0.717, 1.165) is 49.8 Å². The third kappa shape index (κ3) is 7.74. The van der Waals surface area contributed by atoms with Gasteiger partial charge in [-0.2, -0.15) is 5.10 Å². The van der Waals surface area contributed by atoms with Gasteiger partial charge >= 0.3 is 0 Å². The first kappa shape index (κ1) is 23.8. The lowest BCUT2D eigenvalue weighted by atomic mass is 10.1. The van der Waals surface area contributed by atoms with E-state index in [4.69, 9.17) is 14.1 Å². The molecule has 0 aliphatic heterocycles. The molecule has 8 heteroatoms. The average Bonchev–Trinajstić information content (AvgIpc) is 3.40. The number of aromatic nitrogens is 2. The molecule has 3 rings (SSSR count). The van der Waals surface area contributed by atoms with Gasteiger partial charge in [0.15, 0.2) is 5.96 Å². The highest BCUT2D eigenvalue weighted by Crippen LogP contribution is 2.11. The molecule has 0 aliphatic carbocycles. The van der Waals surface area contributed by atoms with Gasteiger partial charge in [0, 0.05) is 51.4 Å². The van der Waals surface area contributed by atoms with Crippen molar-refractivity contribution in [1.82, 2.24) is 20.4 Å². The number of methoxy groups -OCH3 is 1. The molecule has 0 saturated carbocycles. The fourth-order valence-corrected chi connectivity index (χ4v) is 2.98. The van der Waals surface area contributed by atoms with Gasteiger partial charge in [0.1, 0.15) is 11.5 Å². The van der Waals surface area contributed by atoms with E-state index in [1.165, 1.54) is 11.3 Å². The Kier molecular flexibility index (Phi) is 10.3. The number of hydrogen-bond donors (Lipinski definition) is 2. The summed E-state index contributed by atoms with van der Waals surface area (Å²) < 4.78 is 12.5. The smallest absolute Gasteiger partial charge is 0.191 e. The molecule has 2 heterocycles. The molecule has 0 aliphatic rings. The molecule has 0 saturated heterocycles. The lowest BCUT2D eigenvalue weighted by Crippen LogP contribution is -2.39. The van der Waals surface area contributed by atoms with Crippen LogP contribution in [-0.2, 0) is 26.3 Å². The third-order valence-electron chi connectivity index (χ3n) is 4.67. The second kappa shape index (κ2) is 12.9. The Bertz CT molecular complexity index is 875. The van der Waals surface area contributed by atoms with Crippen molar-refractivity contribution in [2.45, 2.75) is 19.3 Å². The number of ether oxygens (including phenoxy) is 1. The summed E-state index contributed by atoms with van der Waals surface area (Å²) in [5.74, 6) is 2.63. The van der Waals surface area contributed by atoms with Crippen molar-refractivity contribution in [2.75, 3.05) is 26.7 Å². The Hall–Kier alpha value is -2.49. The van der Waals surface area contributed by atoms with E-state index in [1.807, 2.05) is 48.3 Å². The molecule has 2 aromatic heterocycles. The van der Waals surface area contributed by atoms with Crippen LogP contribution in [0.3, 0.4) is 0 Å². The summed E-state index contributed by atoms with van der Waals surface area (Å²) in [5.41, 5.74) is 2.44. The summed E-state index contributed by atoms with van der Waals surface area (Å²) in [4.78, 5) is 4.69. The monoisotopic (exact) mass is 523 g/mol. The molecule has 3 aromatic rings. The predicted octanol–water partition coefficient (Wildman–Crippen LogP) is 3.20. The molecule has 0 unspecified atom stereocenters. The molecule has 0 fully saturated rings. The number of nitrogens with zero attached hydrogens (tertiary/aromatic N) is 3. The van der Waals surface area contributed by atoms with Crippen LogP contribution in [0.25, 0.3) is 0 Å². The maximum atomic E-state index is 5.39. The molecular formula is C22H30IN5O2. The SMILES string of the molecule is COc1ccc(CCNC(=NCCc2ccco2)NCCc2ccnn2C)cc1.I. The number of benzene rings is 1. The van der Waals surface area contributed by atoms with Gasteiger partial charge in [-0.3, -0.25) is 9.67 Å². The Labute approximate surface area is 194 Å². The zero-order valence-electron chi connectivity index (χ0n) is 17.5. The minimum Gasteiger partial charge on any atom is -0.497 e. The van der Waals surface area contributed by atoms with Crippen LogP contribution in [-0.4, -0.2) is 42.5 Å². The van der Waals surface area contributed by atoms with Crippen molar-refractivity contribution in [3.63, 3.8) is 0 Å². The van der Waals surface area contributed by atoms with Crippen LogP contribution in [0.5, 0.6) is 5.75 Å². The van der Waals surface area contributed by atoms with Crippen LogP contribution in [0, 0.1) is 0 Å². The lowest BCUT2D eigenvalue weighted by molar-refractivity contribution is 0.414. The Morgan fingerprint density at radius 2 is 1.83 bits per heavy atom. The highest BCUT2D eigenvalue weighted by molar-refractivity contribution is 14.0. The summed E-state index contributed by atoms with van der Waals surface area (Å²) in [6.07, 6.45) is 6.08. The summed E-state index contributed by atoms with van der Waals surface area (Å²) in [6, 6.07) is 14.1. The Morgan fingerprint density at radius 1 is 1.07 bits per heavy atom. The fraction of sp³-hybridized carbons (Fsp3) is 0.364. The zero-order chi connectivity index (χ0) is 20.3. The summed E-state index contributed by atoms with van der Waals surface area (Å²) >= 11 is 0. The predicted molar refractivity (Wildman–Crippen MR) is 130 cm³/mol. The molecule has 0 spiro atoms. The Balaban J connectivity index is 0.00000320. The van der Waals surface area contributed by atoms with E-state index in [-0.39, 0.29) is 24.0 Å². The molecular weight excluding hydrogens is 493 g/mol. The van der Waals surface area contributed by atoms with Crippen LogP contribution in [0.2, 0.25) is 0 Å². The van der Waals surface area contributed by atoms with Gasteiger partial charge in [0.25, 0.3) is 0 Å². The number of furan rings is 1. The molecule has 7 nitrogen and oxygen atoms in total. The average molecular weight is 523 g/mol. The molecule has 0 amide bonds. The van der Waals surface area contributed by atoms with Crippen molar-refractivity contribution in [3.05, 3.63) is 71.9 Å². The van der Waals surface area contributed by atoms with Crippen molar-refractivity contribution in [3.8, 4) is 5.75 Å². The minimum absolute atomic E-state index is 0. The quantitative estimate of drug-likeness (QED) is 0.243. The molecule has 0 radical (unpaired) electrons. The van der Waals surface area contributed by atoms with E-state index in [1.54, 1.807) is 13.4 Å². The van der Waals surface area contributed by atoms with Crippen molar-refractivity contribution >= 4 is 29.9 Å². The van der Waals surface area contributed by atoms with Crippen LogP contribution in [0.1, 0.15) is 17.0 Å². The molecule has 162 valence electrons. The highest BCUT2D eigenvalue weighted by Gasteiger charge is 2.03. The lowest BCUT2D eigenvalue weighted by Gasteiger charge is -2.13. The Morgan fingerprint density at radius 3 is 2.47 bits per heavy atom.